The third-order valence-corrected chi connectivity index (χ3v) is 6.34. The Kier molecular flexibility index (Phi) is 13.4. The highest BCUT2D eigenvalue weighted by Crippen LogP contribution is 2.29. The molecule has 32 heavy (non-hydrogen) atoms. The Morgan fingerprint density at radius 3 is 2.31 bits per heavy atom. The largest absolute Gasteiger partial charge is 0.514 e. The van der Waals surface area contributed by atoms with Crippen molar-refractivity contribution in [3.05, 3.63) is 58.8 Å². The lowest BCUT2D eigenvalue weighted by Gasteiger charge is -2.28. The highest BCUT2D eigenvalue weighted by Gasteiger charge is 2.17. The molecule has 8 nitrogen and oxygen atoms in total. The van der Waals surface area contributed by atoms with Gasteiger partial charge in [0.15, 0.2) is 0 Å². The molecule has 0 bridgehead atoms. The van der Waals surface area contributed by atoms with Crippen LogP contribution in [0.4, 0.5) is 10.5 Å². The molecule has 0 N–H and O–H groups in total. The van der Waals surface area contributed by atoms with Gasteiger partial charge in [-0.1, -0.05) is 35.9 Å². The van der Waals surface area contributed by atoms with Gasteiger partial charge in [0, 0.05) is 30.1 Å². The number of ether oxygens (including phenoxy) is 2. The van der Waals surface area contributed by atoms with Crippen LogP contribution in [0.3, 0.4) is 0 Å². The Morgan fingerprint density at radius 2 is 1.78 bits per heavy atom. The molecule has 1 aromatic carbocycles. The molecule has 1 heterocycles. The van der Waals surface area contributed by atoms with Crippen molar-refractivity contribution < 1.29 is 19.2 Å². The van der Waals surface area contributed by atoms with E-state index in [1.54, 1.807) is 6.20 Å². The van der Waals surface area contributed by atoms with Crippen LogP contribution in [0.5, 0.6) is 5.75 Å². The van der Waals surface area contributed by atoms with Crippen molar-refractivity contribution in [2.45, 2.75) is 51.7 Å². The number of para-hydroxylation sites is 2. The number of pyridine rings is 1. The summed E-state index contributed by atoms with van der Waals surface area (Å²) in [6, 6.07) is 12.6. The third kappa shape index (κ3) is 10.8. The summed E-state index contributed by atoms with van der Waals surface area (Å²) >= 11 is 0. The minimum atomic E-state index is -0.970. The standard InChI is InChI=1S/C14H12N2O5S2.C8H19N/c17-14(21-12-6-2-1-5-11(12)16(18)19)20-9-10-22-23-13-7-3-4-8-15-13;1-6-9(7(2)3)8(4)5/h1-8H,9-10H2;7-8H,6H2,1-5H3. The van der Waals surface area contributed by atoms with E-state index in [2.05, 4.69) is 44.5 Å². The number of nitro benzene ring substituents is 1. The van der Waals surface area contributed by atoms with Gasteiger partial charge >= 0.3 is 11.8 Å². The number of rotatable bonds is 10. The number of hydrogen-bond donors (Lipinski definition) is 0. The number of benzene rings is 1. The normalized spacial score (nSPS) is 10.6. The lowest BCUT2D eigenvalue weighted by Crippen LogP contribution is -2.36. The average molecular weight is 482 g/mol. The minimum absolute atomic E-state index is 0.129. The molecule has 0 saturated heterocycles. The zero-order valence-corrected chi connectivity index (χ0v) is 20.7. The van der Waals surface area contributed by atoms with E-state index in [1.165, 1.54) is 45.9 Å². The van der Waals surface area contributed by atoms with Crippen LogP contribution >= 0.6 is 21.6 Å². The number of nitro groups is 1. The molecule has 2 aromatic rings. The Bertz CT molecular complexity index is 814. The molecule has 0 aliphatic heterocycles. The SMILES string of the molecule is CCN(C(C)C)C(C)C.O=C(OCCSSc1ccccn1)Oc1ccccc1[N+](=O)[O-]. The molecule has 1 aromatic heterocycles. The van der Waals surface area contributed by atoms with Crippen molar-refractivity contribution in [1.82, 2.24) is 9.88 Å². The number of hydrogen-bond acceptors (Lipinski definition) is 9. The molecular weight excluding hydrogens is 450 g/mol. The second-order valence-corrected chi connectivity index (χ2v) is 9.45. The van der Waals surface area contributed by atoms with Crippen LogP contribution in [0.25, 0.3) is 0 Å². The summed E-state index contributed by atoms with van der Waals surface area (Å²) in [5, 5.41) is 11.7. The van der Waals surface area contributed by atoms with Gasteiger partial charge in [-0.3, -0.25) is 15.0 Å². The summed E-state index contributed by atoms with van der Waals surface area (Å²) in [6.45, 7) is 12.5. The van der Waals surface area contributed by atoms with Crippen molar-refractivity contribution in [2.24, 2.45) is 0 Å². The van der Waals surface area contributed by atoms with Crippen molar-refractivity contribution in [1.29, 1.82) is 0 Å². The van der Waals surface area contributed by atoms with Crippen LogP contribution in [0.2, 0.25) is 0 Å². The van der Waals surface area contributed by atoms with Gasteiger partial charge in [0.2, 0.25) is 5.75 Å². The molecule has 0 radical (unpaired) electrons. The summed E-state index contributed by atoms with van der Waals surface area (Å²) in [6.07, 6.45) is 0.728. The third-order valence-electron chi connectivity index (χ3n) is 4.12. The van der Waals surface area contributed by atoms with Crippen LogP contribution in [0.15, 0.2) is 53.7 Å². The lowest BCUT2D eigenvalue weighted by atomic mass is 10.2. The van der Waals surface area contributed by atoms with Gasteiger partial charge in [-0.2, -0.15) is 0 Å². The topological polar surface area (TPSA) is 94.8 Å². The van der Waals surface area contributed by atoms with Gasteiger partial charge in [-0.15, -0.1) is 0 Å². The summed E-state index contributed by atoms with van der Waals surface area (Å²) in [5.74, 6) is 0.394. The van der Waals surface area contributed by atoms with Gasteiger partial charge in [-0.25, -0.2) is 9.78 Å². The molecule has 0 fully saturated rings. The summed E-state index contributed by atoms with van der Waals surface area (Å²) < 4.78 is 9.72. The van der Waals surface area contributed by atoms with E-state index in [4.69, 9.17) is 9.47 Å². The van der Waals surface area contributed by atoms with Crippen LogP contribution in [0, 0.1) is 10.1 Å². The first kappa shape index (κ1) is 27.7. The summed E-state index contributed by atoms with van der Waals surface area (Å²) in [4.78, 5) is 28.3. The first-order chi connectivity index (χ1) is 15.3. The average Bonchev–Trinajstić information content (AvgIpc) is 2.75. The van der Waals surface area contributed by atoms with Crippen LogP contribution in [0.1, 0.15) is 34.6 Å². The predicted octanol–water partition coefficient (Wildman–Crippen LogP) is 6.07. The van der Waals surface area contributed by atoms with E-state index in [0.29, 0.717) is 17.8 Å². The minimum Gasteiger partial charge on any atom is -0.433 e. The molecule has 10 heteroatoms. The van der Waals surface area contributed by atoms with Crippen molar-refractivity contribution in [3.63, 3.8) is 0 Å². The Balaban J connectivity index is 0.000000482. The second-order valence-electron chi connectivity index (χ2n) is 7.02. The maximum absolute atomic E-state index is 11.5. The van der Waals surface area contributed by atoms with E-state index >= 15 is 0 Å². The van der Waals surface area contributed by atoms with Gasteiger partial charge in [0.25, 0.3) is 0 Å². The van der Waals surface area contributed by atoms with Gasteiger partial charge in [0.05, 0.1) is 4.92 Å². The van der Waals surface area contributed by atoms with E-state index in [1.807, 2.05) is 18.2 Å². The molecule has 0 aliphatic carbocycles. The predicted molar refractivity (Wildman–Crippen MR) is 130 cm³/mol. The fourth-order valence-corrected chi connectivity index (χ4v) is 4.50. The quantitative estimate of drug-likeness (QED) is 0.1000. The molecule has 0 atom stereocenters. The fourth-order valence-electron chi connectivity index (χ4n) is 2.80. The Hall–Kier alpha value is -2.30. The number of carbonyl (C=O) groups excluding carboxylic acids is 1. The molecule has 0 unspecified atom stereocenters. The van der Waals surface area contributed by atoms with Crippen LogP contribution in [-0.2, 0) is 4.74 Å². The van der Waals surface area contributed by atoms with Crippen molar-refractivity contribution >= 4 is 33.4 Å². The molecule has 0 spiro atoms. The highest BCUT2D eigenvalue weighted by molar-refractivity contribution is 8.76. The van der Waals surface area contributed by atoms with Gasteiger partial charge in [0.1, 0.15) is 11.6 Å². The second kappa shape index (κ2) is 15.5. The van der Waals surface area contributed by atoms with E-state index in [9.17, 15) is 14.9 Å². The number of aromatic nitrogens is 1. The fraction of sp³-hybridized carbons (Fsp3) is 0.455. The lowest BCUT2D eigenvalue weighted by molar-refractivity contribution is -0.385. The Labute approximate surface area is 197 Å². The maximum atomic E-state index is 11.5. The van der Waals surface area contributed by atoms with E-state index in [0.717, 1.165) is 11.6 Å². The Morgan fingerprint density at radius 1 is 1.12 bits per heavy atom. The number of nitrogens with zero attached hydrogens (tertiary/aromatic N) is 3. The van der Waals surface area contributed by atoms with E-state index in [-0.39, 0.29) is 18.0 Å². The first-order valence-electron chi connectivity index (χ1n) is 10.3. The zero-order chi connectivity index (χ0) is 23.9. The molecule has 2 rings (SSSR count). The van der Waals surface area contributed by atoms with E-state index < -0.39 is 11.1 Å². The van der Waals surface area contributed by atoms with Crippen LogP contribution in [-0.4, -0.2) is 52.0 Å². The molecule has 0 amide bonds. The van der Waals surface area contributed by atoms with Crippen molar-refractivity contribution in [3.8, 4) is 5.75 Å². The summed E-state index contributed by atoms with van der Waals surface area (Å²) in [7, 11) is 2.94. The molecule has 176 valence electrons. The first-order valence-corrected chi connectivity index (χ1v) is 12.6. The van der Waals surface area contributed by atoms with Gasteiger partial charge in [-0.05, 0) is 63.2 Å². The smallest absolute Gasteiger partial charge is 0.433 e. The van der Waals surface area contributed by atoms with Crippen LogP contribution < -0.4 is 4.74 Å². The molecular formula is C22H31N3O5S2. The molecule has 0 saturated carbocycles. The van der Waals surface area contributed by atoms with Gasteiger partial charge < -0.3 is 9.47 Å². The zero-order valence-electron chi connectivity index (χ0n) is 19.1. The van der Waals surface area contributed by atoms with Crippen molar-refractivity contribution in [2.75, 3.05) is 18.9 Å². The number of carbonyl (C=O) groups is 1. The highest BCUT2D eigenvalue weighted by atomic mass is 33.1. The monoisotopic (exact) mass is 481 g/mol. The summed E-state index contributed by atoms with van der Waals surface area (Å²) in [5.41, 5.74) is -0.287. The maximum Gasteiger partial charge on any atom is 0.514 e. The molecule has 0 aliphatic rings.